The summed E-state index contributed by atoms with van der Waals surface area (Å²) >= 11 is 0. The molecule has 0 saturated heterocycles. The van der Waals surface area contributed by atoms with E-state index in [9.17, 15) is 21.6 Å². The SMILES string of the molecule is NS(=O)(=O)c1ccc(-c2c(-c3ccncc3)nn(CCCO)c2C(F)(F)F)cc1. The molecule has 0 aliphatic rings. The predicted molar refractivity (Wildman–Crippen MR) is 99.0 cm³/mol. The van der Waals surface area contributed by atoms with Gasteiger partial charge in [-0.05, 0) is 36.2 Å². The van der Waals surface area contributed by atoms with Crippen LogP contribution in [0.1, 0.15) is 12.1 Å². The van der Waals surface area contributed by atoms with Crippen molar-refractivity contribution in [1.82, 2.24) is 14.8 Å². The number of aromatic nitrogens is 3. The second-order valence-corrected chi connectivity index (χ2v) is 7.74. The molecule has 2 heterocycles. The summed E-state index contributed by atoms with van der Waals surface area (Å²) in [5, 5.41) is 18.3. The Kier molecular flexibility index (Phi) is 5.73. The Morgan fingerprint density at radius 1 is 1.03 bits per heavy atom. The number of aliphatic hydroxyl groups is 1. The fourth-order valence-electron chi connectivity index (χ4n) is 2.93. The summed E-state index contributed by atoms with van der Waals surface area (Å²) in [6.07, 6.45) is -1.78. The molecule has 154 valence electrons. The number of halogens is 3. The zero-order valence-electron chi connectivity index (χ0n) is 15.0. The first kappa shape index (κ1) is 21.0. The molecule has 0 aliphatic heterocycles. The van der Waals surface area contributed by atoms with Crippen molar-refractivity contribution in [1.29, 1.82) is 0 Å². The second-order valence-electron chi connectivity index (χ2n) is 6.18. The van der Waals surface area contributed by atoms with Crippen molar-refractivity contribution in [2.75, 3.05) is 6.61 Å². The molecular formula is C18H17F3N4O3S. The number of hydrogen-bond donors (Lipinski definition) is 2. The molecule has 29 heavy (non-hydrogen) atoms. The van der Waals surface area contributed by atoms with Crippen LogP contribution in [0.4, 0.5) is 13.2 Å². The molecule has 3 N–H and O–H groups in total. The van der Waals surface area contributed by atoms with Gasteiger partial charge >= 0.3 is 6.18 Å². The van der Waals surface area contributed by atoms with Crippen LogP contribution in [0.5, 0.6) is 0 Å². The lowest BCUT2D eigenvalue weighted by atomic mass is 9.99. The van der Waals surface area contributed by atoms with E-state index in [4.69, 9.17) is 10.2 Å². The summed E-state index contributed by atoms with van der Waals surface area (Å²) in [5.41, 5.74) is -0.560. The van der Waals surface area contributed by atoms with Gasteiger partial charge in [-0.25, -0.2) is 13.6 Å². The van der Waals surface area contributed by atoms with E-state index < -0.39 is 21.9 Å². The number of aliphatic hydroxyl groups excluding tert-OH is 1. The average molecular weight is 426 g/mol. The highest BCUT2D eigenvalue weighted by Gasteiger charge is 2.40. The number of nitrogens with zero attached hydrogens (tertiary/aromatic N) is 3. The van der Waals surface area contributed by atoms with Gasteiger partial charge in [-0.2, -0.15) is 18.3 Å². The van der Waals surface area contributed by atoms with Crippen LogP contribution in [0.2, 0.25) is 0 Å². The van der Waals surface area contributed by atoms with E-state index in [-0.39, 0.29) is 41.3 Å². The molecule has 11 heteroatoms. The van der Waals surface area contributed by atoms with Crippen molar-refractivity contribution in [2.45, 2.75) is 24.0 Å². The van der Waals surface area contributed by atoms with Gasteiger partial charge in [-0.15, -0.1) is 0 Å². The van der Waals surface area contributed by atoms with E-state index in [1.54, 1.807) is 0 Å². The van der Waals surface area contributed by atoms with Gasteiger partial charge in [0.25, 0.3) is 0 Å². The fraction of sp³-hybridized carbons (Fsp3) is 0.222. The summed E-state index contributed by atoms with van der Waals surface area (Å²) in [7, 11) is -3.99. The maximum absolute atomic E-state index is 14.0. The van der Waals surface area contributed by atoms with E-state index >= 15 is 0 Å². The third kappa shape index (κ3) is 4.47. The molecule has 3 rings (SSSR count). The summed E-state index contributed by atoms with van der Waals surface area (Å²) in [4.78, 5) is 3.65. The van der Waals surface area contributed by atoms with Crippen molar-refractivity contribution < 1.29 is 26.7 Å². The number of primary sulfonamides is 1. The normalized spacial score (nSPS) is 12.3. The molecule has 0 atom stereocenters. The van der Waals surface area contributed by atoms with E-state index in [0.717, 1.165) is 16.8 Å². The highest BCUT2D eigenvalue weighted by molar-refractivity contribution is 7.89. The molecule has 0 saturated carbocycles. The van der Waals surface area contributed by atoms with Gasteiger partial charge in [0.05, 0.1) is 4.90 Å². The Bertz CT molecular complexity index is 1100. The maximum Gasteiger partial charge on any atom is 0.433 e. The molecular weight excluding hydrogens is 409 g/mol. The zero-order chi connectivity index (χ0) is 21.2. The fourth-order valence-corrected chi connectivity index (χ4v) is 3.44. The van der Waals surface area contributed by atoms with Crippen LogP contribution in [-0.4, -0.2) is 34.9 Å². The number of nitrogens with two attached hydrogens (primary N) is 1. The Hall–Kier alpha value is -2.76. The molecule has 3 aromatic rings. The number of aryl methyl sites for hydroxylation is 1. The smallest absolute Gasteiger partial charge is 0.396 e. The number of sulfonamides is 1. The number of alkyl halides is 3. The van der Waals surface area contributed by atoms with Crippen LogP contribution in [0, 0.1) is 0 Å². The van der Waals surface area contributed by atoms with Gasteiger partial charge in [0.2, 0.25) is 10.0 Å². The van der Waals surface area contributed by atoms with E-state index in [2.05, 4.69) is 10.1 Å². The van der Waals surface area contributed by atoms with Crippen molar-refractivity contribution in [3.63, 3.8) is 0 Å². The second kappa shape index (κ2) is 7.93. The molecule has 0 spiro atoms. The van der Waals surface area contributed by atoms with Crippen molar-refractivity contribution in [2.24, 2.45) is 5.14 Å². The average Bonchev–Trinajstić information content (AvgIpc) is 3.06. The largest absolute Gasteiger partial charge is 0.433 e. The van der Waals surface area contributed by atoms with Gasteiger partial charge < -0.3 is 5.11 Å². The van der Waals surface area contributed by atoms with Crippen LogP contribution in [0.15, 0.2) is 53.7 Å². The molecule has 0 aliphatic carbocycles. The summed E-state index contributed by atoms with van der Waals surface area (Å²) in [6, 6.07) is 7.86. The molecule has 0 fully saturated rings. The van der Waals surface area contributed by atoms with Crippen LogP contribution in [-0.2, 0) is 22.7 Å². The number of pyridine rings is 1. The molecule has 0 radical (unpaired) electrons. The van der Waals surface area contributed by atoms with Crippen LogP contribution in [0.25, 0.3) is 22.4 Å². The summed E-state index contributed by atoms with van der Waals surface area (Å²) in [6.45, 7) is -0.432. The number of rotatable bonds is 6. The molecule has 0 amide bonds. The summed E-state index contributed by atoms with van der Waals surface area (Å²) < 4.78 is 65.7. The van der Waals surface area contributed by atoms with Gasteiger partial charge in [0.1, 0.15) is 5.69 Å². The van der Waals surface area contributed by atoms with Gasteiger partial charge in [0.15, 0.2) is 5.69 Å². The first-order valence-electron chi connectivity index (χ1n) is 8.45. The molecule has 0 bridgehead atoms. The first-order valence-corrected chi connectivity index (χ1v) is 10.00. The van der Waals surface area contributed by atoms with Crippen molar-refractivity contribution in [3.8, 4) is 22.4 Å². The van der Waals surface area contributed by atoms with Crippen LogP contribution in [0.3, 0.4) is 0 Å². The third-order valence-corrected chi connectivity index (χ3v) is 5.10. The minimum Gasteiger partial charge on any atom is -0.396 e. The molecule has 7 nitrogen and oxygen atoms in total. The Morgan fingerprint density at radius 3 is 2.17 bits per heavy atom. The Morgan fingerprint density at radius 2 is 1.66 bits per heavy atom. The monoisotopic (exact) mass is 426 g/mol. The molecule has 2 aromatic heterocycles. The Balaban J connectivity index is 2.28. The topological polar surface area (TPSA) is 111 Å². The van der Waals surface area contributed by atoms with Gasteiger partial charge in [0, 0.05) is 36.7 Å². The van der Waals surface area contributed by atoms with Crippen LogP contribution >= 0.6 is 0 Å². The van der Waals surface area contributed by atoms with Crippen LogP contribution < -0.4 is 5.14 Å². The lowest BCUT2D eigenvalue weighted by Gasteiger charge is -2.13. The minimum atomic E-state index is -4.73. The van der Waals surface area contributed by atoms with Crippen molar-refractivity contribution >= 4 is 10.0 Å². The zero-order valence-corrected chi connectivity index (χ0v) is 15.8. The van der Waals surface area contributed by atoms with E-state index in [1.165, 1.54) is 36.7 Å². The lowest BCUT2D eigenvalue weighted by Crippen LogP contribution is -2.16. The van der Waals surface area contributed by atoms with Gasteiger partial charge in [-0.1, -0.05) is 12.1 Å². The molecule has 1 aromatic carbocycles. The van der Waals surface area contributed by atoms with E-state index in [0.29, 0.717) is 5.56 Å². The first-order chi connectivity index (χ1) is 13.6. The number of hydrogen-bond acceptors (Lipinski definition) is 5. The maximum atomic E-state index is 14.0. The number of benzene rings is 1. The predicted octanol–water partition coefficient (Wildman–Crippen LogP) is 2.66. The van der Waals surface area contributed by atoms with Crippen molar-refractivity contribution in [3.05, 3.63) is 54.5 Å². The lowest BCUT2D eigenvalue weighted by molar-refractivity contribution is -0.143. The molecule has 0 unspecified atom stereocenters. The highest BCUT2D eigenvalue weighted by atomic mass is 32.2. The van der Waals surface area contributed by atoms with E-state index in [1.807, 2.05) is 0 Å². The third-order valence-electron chi connectivity index (χ3n) is 4.17. The van der Waals surface area contributed by atoms with Gasteiger partial charge in [-0.3, -0.25) is 9.67 Å². The standard InChI is InChI=1S/C18H17F3N4O3S/c19-18(20,21)17-15(12-2-4-14(5-3-12)29(22,27)28)16(13-6-8-23-9-7-13)24-25(17)10-1-11-26/h2-9,26H,1,10-11H2,(H2,22,27,28). The highest BCUT2D eigenvalue weighted by Crippen LogP contribution is 2.42. The Labute approximate surface area is 164 Å². The quantitative estimate of drug-likeness (QED) is 0.630. The summed E-state index contributed by atoms with van der Waals surface area (Å²) in [5.74, 6) is 0. The minimum absolute atomic E-state index is 0.0704.